The minimum Gasteiger partial charge on any atom is -0.507 e. The van der Waals surface area contributed by atoms with E-state index >= 15 is 0 Å². The molecule has 1 heterocycles. The van der Waals surface area contributed by atoms with Crippen LogP contribution in [-0.4, -0.2) is 26.8 Å². The largest absolute Gasteiger partial charge is 0.507 e. The molecular formula is C29H26Cl2N4O3. The highest BCUT2D eigenvalue weighted by Crippen LogP contribution is 2.39. The average molecular weight is 549 g/mol. The number of carbonyl (C=O) groups excluding carboxylic acids is 2. The van der Waals surface area contributed by atoms with Crippen molar-refractivity contribution in [2.45, 2.75) is 38.6 Å². The van der Waals surface area contributed by atoms with Crippen molar-refractivity contribution < 1.29 is 14.7 Å². The smallest absolute Gasteiger partial charge is 0.342 e. The van der Waals surface area contributed by atoms with Gasteiger partial charge in [0.2, 0.25) is 0 Å². The van der Waals surface area contributed by atoms with Crippen LogP contribution in [0.15, 0.2) is 66.7 Å². The Kier molecular flexibility index (Phi) is 7.40. The van der Waals surface area contributed by atoms with Crippen LogP contribution in [0.25, 0.3) is 11.3 Å². The average Bonchev–Trinajstić information content (AvgIpc) is 3.26. The summed E-state index contributed by atoms with van der Waals surface area (Å²) in [6, 6.07) is 19.0. The van der Waals surface area contributed by atoms with E-state index < -0.39 is 5.91 Å². The van der Waals surface area contributed by atoms with Crippen LogP contribution in [0, 0.1) is 6.92 Å². The lowest BCUT2D eigenvalue weighted by Gasteiger charge is -2.25. The second-order valence-corrected chi connectivity index (χ2v) is 10.2. The highest BCUT2D eigenvalue weighted by atomic mass is 35.5. The second-order valence-electron chi connectivity index (χ2n) is 9.36. The number of nitrogens with zero attached hydrogens (tertiary/aromatic N) is 2. The Hall–Kier alpha value is -3.81. The topological polar surface area (TPSA) is 96.3 Å². The number of hydrogen-bond acceptors (Lipinski definition) is 4. The molecule has 194 valence electrons. The molecule has 0 unspecified atom stereocenters. The van der Waals surface area contributed by atoms with E-state index in [0.29, 0.717) is 23.5 Å². The van der Waals surface area contributed by atoms with Gasteiger partial charge in [0.05, 0.1) is 27.0 Å². The molecule has 0 atom stereocenters. The van der Waals surface area contributed by atoms with Crippen LogP contribution in [0.4, 0.5) is 10.5 Å². The number of halogens is 2. The first-order valence-electron chi connectivity index (χ1n) is 12.3. The molecule has 0 bridgehead atoms. The summed E-state index contributed by atoms with van der Waals surface area (Å²) in [5.74, 6) is -0.339. The molecule has 5 rings (SSSR count). The van der Waals surface area contributed by atoms with Gasteiger partial charge in [-0.3, -0.25) is 4.79 Å². The summed E-state index contributed by atoms with van der Waals surface area (Å²) in [4.78, 5) is 25.9. The molecule has 1 aliphatic rings. The van der Waals surface area contributed by atoms with Crippen molar-refractivity contribution in [2.75, 3.05) is 5.32 Å². The third-order valence-corrected chi connectivity index (χ3v) is 7.50. The van der Waals surface area contributed by atoms with Gasteiger partial charge in [-0.2, -0.15) is 9.78 Å². The monoisotopic (exact) mass is 548 g/mol. The molecule has 0 aliphatic heterocycles. The predicted molar refractivity (Wildman–Crippen MR) is 149 cm³/mol. The van der Waals surface area contributed by atoms with E-state index in [0.717, 1.165) is 36.1 Å². The van der Waals surface area contributed by atoms with E-state index in [1.807, 2.05) is 37.3 Å². The van der Waals surface area contributed by atoms with Gasteiger partial charge in [0.1, 0.15) is 5.75 Å². The van der Waals surface area contributed by atoms with Crippen LogP contribution in [0.1, 0.15) is 52.4 Å². The summed E-state index contributed by atoms with van der Waals surface area (Å²) in [6.45, 7) is 2.39. The van der Waals surface area contributed by atoms with E-state index in [9.17, 15) is 14.7 Å². The molecule has 3 N–H and O–H groups in total. The molecule has 0 radical (unpaired) electrons. The Morgan fingerprint density at radius 1 is 1.03 bits per heavy atom. The van der Waals surface area contributed by atoms with Crippen LogP contribution in [0.5, 0.6) is 5.75 Å². The lowest BCUT2D eigenvalue weighted by molar-refractivity contribution is 0.102. The number of phenolic OH excluding ortho intramolecular Hbond substituents is 1. The fourth-order valence-corrected chi connectivity index (χ4v) is 5.04. The predicted octanol–water partition coefficient (Wildman–Crippen LogP) is 7.15. The Bertz CT molecular complexity index is 1510. The summed E-state index contributed by atoms with van der Waals surface area (Å²) in [5.41, 5.74) is 4.39. The van der Waals surface area contributed by atoms with Gasteiger partial charge in [0.25, 0.3) is 5.91 Å². The first-order chi connectivity index (χ1) is 18.3. The molecule has 4 aromatic rings. The normalized spacial score (nSPS) is 13.1. The molecule has 7 nitrogen and oxygen atoms in total. The summed E-state index contributed by atoms with van der Waals surface area (Å²) >= 11 is 12.3. The van der Waals surface area contributed by atoms with Crippen molar-refractivity contribution in [1.29, 1.82) is 0 Å². The van der Waals surface area contributed by atoms with E-state index in [1.54, 1.807) is 30.3 Å². The third-order valence-electron chi connectivity index (χ3n) is 6.87. The maximum absolute atomic E-state index is 13.1. The Balaban J connectivity index is 1.38. The maximum atomic E-state index is 13.1. The highest BCUT2D eigenvalue weighted by molar-refractivity contribution is 6.40. The molecule has 1 aliphatic carbocycles. The van der Waals surface area contributed by atoms with E-state index in [1.165, 1.54) is 10.7 Å². The van der Waals surface area contributed by atoms with Gasteiger partial charge >= 0.3 is 6.03 Å². The Morgan fingerprint density at radius 3 is 2.42 bits per heavy atom. The molecular weight excluding hydrogens is 523 g/mol. The van der Waals surface area contributed by atoms with Crippen LogP contribution >= 0.6 is 23.2 Å². The lowest BCUT2D eigenvalue weighted by Crippen LogP contribution is -2.31. The molecule has 9 heteroatoms. The van der Waals surface area contributed by atoms with Gasteiger partial charge in [0, 0.05) is 29.8 Å². The summed E-state index contributed by atoms with van der Waals surface area (Å²) in [6.07, 6.45) is 3.07. The number of amides is 2. The van der Waals surface area contributed by atoms with Crippen LogP contribution < -0.4 is 10.6 Å². The summed E-state index contributed by atoms with van der Waals surface area (Å²) in [5, 5.41) is 21.5. The van der Waals surface area contributed by atoms with Crippen LogP contribution in [0.3, 0.4) is 0 Å². The molecule has 1 fully saturated rings. The molecule has 1 aromatic heterocycles. The zero-order chi connectivity index (χ0) is 26.8. The number of nitrogens with one attached hydrogen (secondary N) is 2. The minimum absolute atomic E-state index is 0.0850. The highest BCUT2D eigenvalue weighted by Gasteiger charge is 2.27. The number of aromatic nitrogens is 2. The summed E-state index contributed by atoms with van der Waals surface area (Å²) < 4.78 is 1.41. The molecule has 3 aromatic carbocycles. The van der Waals surface area contributed by atoms with Gasteiger partial charge in [-0.15, -0.1) is 0 Å². The van der Waals surface area contributed by atoms with Crippen LogP contribution in [0.2, 0.25) is 10.0 Å². The minimum atomic E-state index is -0.491. The van der Waals surface area contributed by atoms with Gasteiger partial charge in [0.15, 0.2) is 0 Å². The lowest BCUT2D eigenvalue weighted by atomic mass is 9.82. The number of aromatic hydroxyl groups is 1. The molecule has 0 spiro atoms. The Morgan fingerprint density at radius 2 is 1.76 bits per heavy atom. The number of benzene rings is 3. The van der Waals surface area contributed by atoms with Gasteiger partial charge in [-0.05, 0) is 61.2 Å². The first kappa shape index (κ1) is 25.8. The zero-order valence-electron chi connectivity index (χ0n) is 20.7. The molecule has 2 amide bonds. The maximum Gasteiger partial charge on any atom is 0.342 e. The van der Waals surface area contributed by atoms with E-state index in [-0.39, 0.29) is 33.3 Å². The number of phenols is 1. The second kappa shape index (κ2) is 10.9. The molecule has 38 heavy (non-hydrogen) atoms. The van der Waals surface area contributed by atoms with E-state index in [2.05, 4.69) is 15.7 Å². The molecule has 0 saturated heterocycles. The number of hydrogen-bond donors (Lipinski definition) is 3. The first-order valence-corrected chi connectivity index (χ1v) is 13.1. The molecule has 1 saturated carbocycles. The van der Waals surface area contributed by atoms with Crippen molar-refractivity contribution in [3.63, 3.8) is 0 Å². The van der Waals surface area contributed by atoms with Crippen molar-refractivity contribution in [3.8, 4) is 17.0 Å². The van der Waals surface area contributed by atoms with Crippen molar-refractivity contribution in [1.82, 2.24) is 15.1 Å². The fraction of sp³-hybridized carbons (Fsp3) is 0.207. The standard InChI is InChI=1S/C29H26Cl2N4O3/c1-17-6-2-3-7-19(17)16-32-29(38)35-25(18-8-4-9-18)15-24(34-35)21-13-12-20(14-26(21)36)33-28(37)27-22(30)10-5-11-23(27)31/h2-3,5-7,10-15,18,36H,4,8-9,16H2,1H3,(H,32,38)(H,33,37). The van der Waals surface area contributed by atoms with Crippen LogP contribution in [-0.2, 0) is 6.54 Å². The van der Waals surface area contributed by atoms with Gasteiger partial charge < -0.3 is 15.7 Å². The SMILES string of the molecule is Cc1ccccc1CNC(=O)n1nc(-c2ccc(NC(=O)c3c(Cl)cccc3Cl)cc2O)cc1C1CCC1. The third kappa shape index (κ3) is 5.26. The Labute approximate surface area is 230 Å². The van der Waals surface area contributed by atoms with Gasteiger partial charge in [-0.1, -0.05) is 60.0 Å². The fourth-order valence-electron chi connectivity index (χ4n) is 4.47. The number of carbonyl (C=O) groups is 2. The van der Waals surface area contributed by atoms with Crippen molar-refractivity contribution in [2.24, 2.45) is 0 Å². The van der Waals surface area contributed by atoms with Gasteiger partial charge in [-0.25, -0.2) is 4.79 Å². The number of rotatable bonds is 6. The number of anilines is 1. The van der Waals surface area contributed by atoms with E-state index in [4.69, 9.17) is 23.2 Å². The summed E-state index contributed by atoms with van der Waals surface area (Å²) in [7, 11) is 0. The van der Waals surface area contributed by atoms with Crippen molar-refractivity contribution in [3.05, 3.63) is 99.2 Å². The quantitative estimate of drug-likeness (QED) is 0.238. The van der Waals surface area contributed by atoms with Crippen molar-refractivity contribution >= 4 is 40.8 Å². The zero-order valence-corrected chi connectivity index (χ0v) is 22.2. The number of aryl methyl sites for hydroxylation is 1.